The van der Waals surface area contributed by atoms with Gasteiger partial charge in [0, 0.05) is 32.6 Å². The van der Waals surface area contributed by atoms with Gasteiger partial charge in [0.25, 0.3) is 0 Å². The molecule has 0 spiro atoms. The smallest absolute Gasteiger partial charge is 0.216 e. The number of nitrogens with one attached hydrogen (secondary N) is 2. The molecule has 1 amide bonds. The number of hydrogen-bond donors (Lipinski definition) is 2. The number of carbonyl (C=O) groups excluding carboxylic acids is 1. The highest BCUT2D eigenvalue weighted by molar-refractivity contribution is 5.72. The summed E-state index contributed by atoms with van der Waals surface area (Å²) in [6, 6.07) is 0.701. The van der Waals surface area contributed by atoms with Crippen molar-refractivity contribution in [2.75, 3.05) is 32.7 Å². The first kappa shape index (κ1) is 12.5. The molecule has 1 rings (SSSR count). The van der Waals surface area contributed by atoms with Gasteiger partial charge in [-0.15, -0.1) is 0 Å². The number of nitrogens with zero attached hydrogens (tertiary/aromatic N) is 1. The fourth-order valence-electron chi connectivity index (χ4n) is 2.14. The second kappa shape index (κ2) is 6.80. The van der Waals surface area contributed by atoms with Gasteiger partial charge in [0.1, 0.15) is 0 Å². The van der Waals surface area contributed by atoms with E-state index in [-0.39, 0.29) is 5.91 Å². The molecule has 1 aliphatic rings. The first-order valence-corrected chi connectivity index (χ1v) is 5.93. The zero-order valence-electron chi connectivity index (χ0n) is 9.88. The summed E-state index contributed by atoms with van der Waals surface area (Å²) in [6.07, 6.45) is 2.63. The standard InChI is InChI=1S/C11H23N3O/c1-3-14-8-4-5-11(14)9-12-6-7-13-10(2)15/h11-12H,3-9H2,1-2H3,(H,13,15). The van der Waals surface area contributed by atoms with E-state index in [0.29, 0.717) is 6.04 Å². The Labute approximate surface area is 92.4 Å². The van der Waals surface area contributed by atoms with Gasteiger partial charge in [-0.3, -0.25) is 9.69 Å². The molecule has 1 saturated heterocycles. The van der Waals surface area contributed by atoms with Gasteiger partial charge in [-0.1, -0.05) is 6.92 Å². The van der Waals surface area contributed by atoms with E-state index in [1.54, 1.807) is 6.92 Å². The van der Waals surface area contributed by atoms with Crippen LogP contribution in [0.25, 0.3) is 0 Å². The molecule has 1 aliphatic heterocycles. The van der Waals surface area contributed by atoms with Crippen LogP contribution in [0.4, 0.5) is 0 Å². The third-order valence-electron chi connectivity index (χ3n) is 2.96. The minimum atomic E-state index is 0.0489. The molecule has 2 N–H and O–H groups in total. The van der Waals surface area contributed by atoms with Gasteiger partial charge in [-0.25, -0.2) is 0 Å². The first-order valence-electron chi connectivity index (χ1n) is 5.93. The van der Waals surface area contributed by atoms with Gasteiger partial charge in [0.15, 0.2) is 0 Å². The monoisotopic (exact) mass is 213 g/mol. The van der Waals surface area contributed by atoms with Crippen LogP contribution in [-0.2, 0) is 4.79 Å². The van der Waals surface area contributed by atoms with Crippen LogP contribution < -0.4 is 10.6 Å². The number of rotatable bonds is 6. The van der Waals surface area contributed by atoms with Gasteiger partial charge in [-0.2, -0.15) is 0 Å². The molecule has 1 fully saturated rings. The van der Waals surface area contributed by atoms with E-state index >= 15 is 0 Å². The van der Waals surface area contributed by atoms with Gasteiger partial charge in [0.05, 0.1) is 0 Å². The van der Waals surface area contributed by atoms with E-state index in [4.69, 9.17) is 0 Å². The number of likely N-dealkylation sites (tertiary alicyclic amines) is 1. The van der Waals surface area contributed by atoms with E-state index in [1.165, 1.54) is 19.4 Å². The number of carbonyl (C=O) groups is 1. The Balaban J connectivity index is 2.02. The molecule has 4 nitrogen and oxygen atoms in total. The molecule has 1 atom stereocenters. The third-order valence-corrected chi connectivity index (χ3v) is 2.96. The molecule has 0 aliphatic carbocycles. The van der Waals surface area contributed by atoms with Crippen LogP contribution in [0.1, 0.15) is 26.7 Å². The largest absolute Gasteiger partial charge is 0.355 e. The Morgan fingerprint density at radius 3 is 2.93 bits per heavy atom. The lowest BCUT2D eigenvalue weighted by molar-refractivity contribution is -0.118. The van der Waals surface area contributed by atoms with Crippen molar-refractivity contribution in [3.63, 3.8) is 0 Å². The molecule has 0 aromatic carbocycles. The second-order valence-electron chi connectivity index (χ2n) is 4.11. The van der Waals surface area contributed by atoms with E-state index in [0.717, 1.165) is 26.2 Å². The van der Waals surface area contributed by atoms with Crippen molar-refractivity contribution in [3.05, 3.63) is 0 Å². The first-order chi connectivity index (χ1) is 7.24. The molecule has 0 aromatic heterocycles. The van der Waals surface area contributed by atoms with Crippen LogP contribution in [0, 0.1) is 0 Å². The highest BCUT2D eigenvalue weighted by atomic mass is 16.1. The Kier molecular flexibility index (Phi) is 5.65. The zero-order valence-corrected chi connectivity index (χ0v) is 9.88. The molecule has 0 aromatic rings. The van der Waals surface area contributed by atoms with Crippen molar-refractivity contribution >= 4 is 5.91 Å². The predicted octanol–water partition coefficient (Wildman–Crippen LogP) is 0.196. The Bertz CT molecular complexity index is 196. The van der Waals surface area contributed by atoms with Crippen LogP contribution in [0.15, 0.2) is 0 Å². The lowest BCUT2D eigenvalue weighted by Crippen LogP contribution is -2.40. The van der Waals surface area contributed by atoms with Crippen LogP contribution >= 0.6 is 0 Å². The van der Waals surface area contributed by atoms with Crippen molar-refractivity contribution < 1.29 is 4.79 Å². The molecule has 0 saturated carbocycles. The summed E-state index contributed by atoms with van der Waals surface area (Å²) in [4.78, 5) is 13.1. The Morgan fingerprint density at radius 2 is 2.27 bits per heavy atom. The maximum atomic E-state index is 10.6. The zero-order chi connectivity index (χ0) is 11.1. The fourth-order valence-corrected chi connectivity index (χ4v) is 2.14. The molecule has 0 bridgehead atoms. The van der Waals surface area contributed by atoms with Gasteiger partial charge < -0.3 is 10.6 Å². The van der Waals surface area contributed by atoms with Crippen molar-refractivity contribution in [2.24, 2.45) is 0 Å². The van der Waals surface area contributed by atoms with Gasteiger partial charge in [-0.05, 0) is 25.9 Å². The molecular weight excluding hydrogens is 190 g/mol. The van der Waals surface area contributed by atoms with E-state index in [2.05, 4.69) is 22.5 Å². The van der Waals surface area contributed by atoms with Gasteiger partial charge >= 0.3 is 0 Å². The average molecular weight is 213 g/mol. The summed E-state index contributed by atoms with van der Waals surface area (Å²) < 4.78 is 0. The molecule has 1 heterocycles. The molecule has 4 heteroatoms. The third kappa shape index (κ3) is 4.62. The maximum absolute atomic E-state index is 10.6. The normalized spacial score (nSPS) is 21.9. The topological polar surface area (TPSA) is 44.4 Å². The van der Waals surface area contributed by atoms with Crippen molar-refractivity contribution in [2.45, 2.75) is 32.7 Å². The minimum Gasteiger partial charge on any atom is -0.355 e. The molecule has 15 heavy (non-hydrogen) atoms. The van der Waals surface area contributed by atoms with E-state index in [1.807, 2.05) is 0 Å². The summed E-state index contributed by atoms with van der Waals surface area (Å²) in [7, 11) is 0. The summed E-state index contributed by atoms with van der Waals surface area (Å²) in [6.45, 7) is 8.81. The fraction of sp³-hybridized carbons (Fsp3) is 0.909. The lowest BCUT2D eigenvalue weighted by Gasteiger charge is -2.22. The number of hydrogen-bond acceptors (Lipinski definition) is 3. The second-order valence-corrected chi connectivity index (χ2v) is 4.11. The number of likely N-dealkylation sites (N-methyl/N-ethyl adjacent to an activating group) is 1. The van der Waals surface area contributed by atoms with E-state index in [9.17, 15) is 4.79 Å². The predicted molar refractivity (Wildman–Crippen MR) is 61.8 cm³/mol. The summed E-state index contributed by atoms with van der Waals surface area (Å²) in [5.74, 6) is 0.0489. The van der Waals surface area contributed by atoms with E-state index < -0.39 is 0 Å². The summed E-state index contributed by atoms with van der Waals surface area (Å²) >= 11 is 0. The lowest BCUT2D eigenvalue weighted by atomic mass is 10.2. The Morgan fingerprint density at radius 1 is 1.47 bits per heavy atom. The summed E-state index contributed by atoms with van der Waals surface area (Å²) in [5.41, 5.74) is 0. The summed E-state index contributed by atoms with van der Waals surface area (Å²) in [5, 5.41) is 6.17. The highest BCUT2D eigenvalue weighted by Crippen LogP contribution is 2.15. The average Bonchev–Trinajstić information content (AvgIpc) is 2.64. The van der Waals surface area contributed by atoms with Crippen LogP contribution in [0.5, 0.6) is 0 Å². The van der Waals surface area contributed by atoms with Crippen LogP contribution in [0.3, 0.4) is 0 Å². The van der Waals surface area contributed by atoms with Gasteiger partial charge in [0.2, 0.25) is 5.91 Å². The SMILES string of the molecule is CCN1CCCC1CNCCNC(C)=O. The van der Waals surface area contributed by atoms with Crippen LogP contribution in [-0.4, -0.2) is 49.6 Å². The maximum Gasteiger partial charge on any atom is 0.216 e. The molecule has 88 valence electrons. The quantitative estimate of drug-likeness (QED) is 0.619. The molecular formula is C11H23N3O. The van der Waals surface area contributed by atoms with Crippen molar-refractivity contribution in [1.82, 2.24) is 15.5 Å². The molecule has 1 unspecified atom stereocenters. The Hall–Kier alpha value is -0.610. The van der Waals surface area contributed by atoms with Crippen LogP contribution in [0.2, 0.25) is 0 Å². The van der Waals surface area contributed by atoms with Crippen molar-refractivity contribution in [1.29, 1.82) is 0 Å². The molecule has 0 radical (unpaired) electrons. The number of amides is 1. The highest BCUT2D eigenvalue weighted by Gasteiger charge is 2.21. The van der Waals surface area contributed by atoms with Crippen molar-refractivity contribution in [3.8, 4) is 0 Å². The minimum absolute atomic E-state index is 0.0489.